The van der Waals surface area contributed by atoms with Crippen LogP contribution < -0.4 is 15.7 Å². The van der Waals surface area contributed by atoms with Crippen LogP contribution in [-0.2, 0) is 11.4 Å². The van der Waals surface area contributed by atoms with Gasteiger partial charge in [-0.1, -0.05) is 11.3 Å². The van der Waals surface area contributed by atoms with Gasteiger partial charge in [-0.05, 0) is 18.2 Å². The van der Waals surface area contributed by atoms with Crippen LogP contribution in [-0.4, -0.2) is 47.3 Å². The van der Waals surface area contributed by atoms with E-state index in [1.165, 1.54) is 0 Å². The van der Waals surface area contributed by atoms with Gasteiger partial charge >= 0.3 is 0 Å². The van der Waals surface area contributed by atoms with Gasteiger partial charge in [-0.2, -0.15) is 0 Å². The second kappa shape index (κ2) is 6.58. The number of nitrogens with one attached hydrogen (secondary N) is 2. The second-order valence-corrected chi connectivity index (χ2v) is 5.87. The fraction of sp³-hybridized carbons (Fsp3) is 0.375. The van der Waals surface area contributed by atoms with E-state index in [4.69, 9.17) is 4.84 Å². The van der Waals surface area contributed by atoms with Gasteiger partial charge in [-0.25, -0.2) is 9.07 Å². The van der Waals surface area contributed by atoms with Crippen molar-refractivity contribution in [3.05, 3.63) is 48.0 Å². The molecule has 0 radical (unpaired) electrons. The highest BCUT2D eigenvalue weighted by atomic mass is 19.1. The van der Waals surface area contributed by atoms with Gasteiger partial charge in [0.25, 0.3) is 0 Å². The molecule has 2 aromatic rings. The van der Waals surface area contributed by atoms with E-state index in [-0.39, 0.29) is 11.9 Å². The molecule has 8 heteroatoms. The highest BCUT2D eigenvalue weighted by Crippen LogP contribution is 2.26. The van der Waals surface area contributed by atoms with Crippen LogP contribution in [0.1, 0.15) is 5.56 Å². The van der Waals surface area contributed by atoms with Crippen molar-refractivity contribution < 1.29 is 9.23 Å². The molecular formula is C16H19FN6O. The van der Waals surface area contributed by atoms with Crippen LogP contribution in [0.3, 0.4) is 0 Å². The molecule has 0 amide bonds. The number of hydrogen-bond acceptors (Lipinski definition) is 6. The van der Waals surface area contributed by atoms with E-state index in [1.54, 1.807) is 23.1 Å². The van der Waals surface area contributed by atoms with Crippen molar-refractivity contribution in [1.82, 2.24) is 25.8 Å². The molecule has 2 aliphatic rings. The van der Waals surface area contributed by atoms with Crippen molar-refractivity contribution in [2.24, 2.45) is 0 Å². The molecule has 0 saturated carbocycles. The quantitative estimate of drug-likeness (QED) is 0.863. The van der Waals surface area contributed by atoms with Crippen molar-refractivity contribution in [1.29, 1.82) is 0 Å². The zero-order valence-corrected chi connectivity index (χ0v) is 13.2. The maximum absolute atomic E-state index is 14.5. The number of hydroxylamine groups is 1. The second-order valence-electron chi connectivity index (χ2n) is 5.87. The van der Waals surface area contributed by atoms with Gasteiger partial charge in [0, 0.05) is 37.9 Å². The van der Waals surface area contributed by atoms with Gasteiger partial charge in [-0.15, -0.1) is 5.10 Å². The monoisotopic (exact) mass is 330 g/mol. The molecule has 2 aliphatic heterocycles. The number of rotatable bonds is 4. The van der Waals surface area contributed by atoms with E-state index in [9.17, 15) is 4.39 Å². The molecule has 0 aliphatic carbocycles. The van der Waals surface area contributed by atoms with Crippen molar-refractivity contribution in [3.8, 4) is 0 Å². The zero-order chi connectivity index (χ0) is 16.4. The number of nitrogens with zero attached hydrogens (tertiary/aromatic N) is 4. The minimum Gasteiger partial charge on any atom is -0.367 e. The SMILES string of the molecule is Fc1cc(C2=CC(Cn3ccnn3)ON2)ccc1N1CCNCC1. The molecule has 0 bridgehead atoms. The maximum Gasteiger partial charge on any atom is 0.147 e. The molecule has 1 fully saturated rings. The van der Waals surface area contributed by atoms with Gasteiger partial charge < -0.3 is 10.2 Å². The highest BCUT2D eigenvalue weighted by Gasteiger charge is 2.20. The highest BCUT2D eigenvalue weighted by molar-refractivity contribution is 5.67. The third-order valence-electron chi connectivity index (χ3n) is 4.23. The molecule has 0 spiro atoms. The van der Waals surface area contributed by atoms with Gasteiger partial charge in [0.2, 0.25) is 0 Å². The summed E-state index contributed by atoms with van der Waals surface area (Å²) in [5.74, 6) is -0.211. The van der Waals surface area contributed by atoms with E-state index in [2.05, 4.69) is 26.0 Å². The Morgan fingerprint density at radius 2 is 2.17 bits per heavy atom. The molecule has 1 saturated heterocycles. The lowest BCUT2D eigenvalue weighted by atomic mass is 10.1. The van der Waals surface area contributed by atoms with Gasteiger partial charge in [-0.3, -0.25) is 10.3 Å². The topological polar surface area (TPSA) is 67.2 Å². The number of aromatic nitrogens is 3. The molecule has 1 aromatic heterocycles. The Morgan fingerprint density at radius 3 is 2.92 bits per heavy atom. The third-order valence-corrected chi connectivity index (χ3v) is 4.23. The lowest BCUT2D eigenvalue weighted by molar-refractivity contribution is 0.0395. The van der Waals surface area contributed by atoms with Gasteiger partial charge in [0.1, 0.15) is 11.9 Å². The van der Waals surface area contributed by atoms with Gasteiger partial charge in [0.15, 0.2) is 0 Å². The van der Waals surface area contributed by atoms with E-state index in [1.807, 2.05) is 18.2 Å². The molecule has 7 nitrogen and oxygen atoms in total. The molecule has 4 rings (SSSR count). The first kappa shape index (κ1) is 15.1. The van der Waals surface area contributed by atoms with Gasteiger partial charge in [0.05, 0.1) is 24.1 Å². The summed E-state index contributed by atoms with van der Waals surface area (Å²) in [5.41, 5.74) is 5.06. The average molecular weight is 330 g/mol. The summed E-state index contributed by atoms with van der Waals surface area (Å²) in [4.78, 5) is 7.57. The van der Waals surface area contributed by atoms with Crippen LogP contribution in [0.25, 0.3) is 5.70 Å². The van der Waals surface area contributed by atoms with Crippen molar-refractivity contribution in [2.45, 2.75) is 12.6 Å². The summed E-state index contributed by atoms with van der Waals surface area (Å²) in [6.45, 7) is 3.95. The Morgan fingerprint density at radius 1 is 1.29 bits per heavy atom. The van der Waals surface area contributed by atoms with Crippen LogP contribution in [0.2, 0.25) is 0 Å². The van der Waals surface area contributed by atoms with Crippen molar-refractivity contribution >= 4 is 11.4 Å². The predicted molar refractivity (Wildman–Crippen MR) is 87.5 cm³/mol. The van der Waals surface area contributed by atoms with Crippen molar-refractivity contribution in [2.75, 3.05) is 31.1 Å². The molecule has 1 aromatic carbocycles. The first-order chi connectivity index (χ1) is 11.8. The average Bonchev–Trinajstić information content (AvgIpc) is 3.28. The van der Waals surface area contributed by atoms with Crippen LogP contribution in [0.15, 0.2) is 36.7 Å². The lowest BCUT2D eigenvalue weighted by Crippen LogP contribution is -2.43. The molecule has 1 atom stereocenters. The number of hydrogen-bond donors (Lipinski definition) is 2. The molecule has 24 heavy (non-hydrogen) atoms. The Hall–Kier alpha value is -2.45. The lowest BCUT2D eigenvalue weighted by Gasteiger charge is -2.29. The predicted octanol–water partition coefficient (Wildman–Crippen LogP) is 0.771. The standard InChI is InChI=1S/C16H19FN6O/c17-14-9-12(1-2-16(14)22-6-3-18-4-7-22)15-10-13(24-20-15)11-23-8-5-19-21-23/h1-2,5,8-10,13,18,20H,3-4,6-7,11H2. The number of piperazine rings is 1. The van der Waals surface area contributed by atoms with Crippen LogP contribution in [0, 0.1) is 5.82 Å². The van der Waals surface area contributed by atoms with Crippen molar-refractivity contribution in [3.63, 3.8) is 0 Å². The van der Waals surface area contributed by atoms with E-state index in [0.717, 1.165) is 37.4 Å². The summed E-state index contributed by atoms with van der Waals surface area (Å²) in [6.07, 6.45) is 5.16. The molecule has 1 unspecified atom stereocenters. The number of anilines is 1. The summed E-state index contributed by atoms with van der Waals surface area (Å²) in [6, 6.07) is 5.31. The maximum atomic E-state index is 14.5. The van der Waals surface area contributed by atoms with Crippen LogP contribution in [0.4, 0.5) is 10.1 Å². The van der Waals surface area contributed by atoms with Crippen LogP contribution >= 0.6 is 0 Å². The Bertz CT molecular complexity index is 726. The fourth-order valence-corrected chi connectivity index (χ4v) is 2.99. The Balaban J connectivity index is 1.49. The van der Waals surface area contributed by atoms with E-state index in [0.29, 0.717) is 12.2 Å². The largest absolute Gasteiger partial charge is 0.367 e. The fourth-order valence-electron chi connectivity index (χ4n) is 2.99. The number of halogens is 1. The minimum absolute atomic E-state index is 0.169. The normalized spacial score (nSPS) is 20.8. The smallest absolute Gasteiger partial charge is 0.147 e. The molecular weight excluding hydrogens is 311 g/mol. The van der Waals surface area contributed by atoms with E-state index < -0.39 is 0 Å². The first-order valence-electron chi connectivity index (χ1n) is 8.03. The molecule has 126 valence electrons. The summed E-state index contributed by atoms with van der Waals surface area (Å²) in [7, 11) is 0. The first-order valence-corrected chi connectivity index (χ1v) is 8.03. The third kappa shape index (κ3) is 3.10. The molecule has 3 heterocycles. The number of benzene rings is 1. The summed E-state index contributed by atoms with van der Waals surface area (Å²) in [5, 5.41) is 11.0. The van der Waals surface area contributed by atoms with E-state index >= 15 is 0 Å². The minimum atomic E-state index is -0.211. The summed E-state index contributed by atoms with van der Waals surface area (Å²) >= 11 is 0. The zero-order valence-electron chi connectivity index (χ0n) is 13.2. The summed E-state index contributed by atoms with van der Waals surface area (Å²) < 4.78 is 16.2. The Kier molecular flexibility index (Phi) is 4.14. The Labute approximate surface area is 139 Å². The molecule has 2 N–H and O–H groups in total. The van der Waals surface area contributed by atoms with Crippen LogP contribution in [0.5, 0.6) is 0 Å².